The molecule has 0 amide bonds. The van der Waals surface area contributed by atoms with Gasteiger partial charge in [0, 0.05) is 48.5 Å². The van der Waals surface area contributed by atoms with Crippen LogP contribution in [0.1, 0.15) is 0 Å². The number of nitrogens with zero attached hydrogens (tertiary/aromatic N) is 4. The van der Waals surface area contributed by atoms with E-state index in [-0.39, 0.29) is 25.7 Å². The summed E-state index contributed by atoms with van der Waals surface area (Å²) >= 11 is 2.54. The van der Waals surface area contributed by atoms with Gasteiger partial charge in [0.15, 0.2) is 40.5 Å². The highest BCUT2D eigenvalue weighted by Gasteiger charge is 2.30. The molecule has 0 saturated heterocycles. The lowest BCUT2D eigenvalue weighted by atomic mass is 9.98. The van der Waals surface area contributed by atoms with Gasteiger partial charge in [-0.15, -0.1) is 22.7 Å². The van der Waals surface area contributed by atoms with Gasteiger partial charge < -0.3 is 40.3 Å². The van der Waals surface area contributed by atoms with Crippen LogP contribution in [0.3, 0.4) is 0 Å². The molecule has 12 aromatic rings. The molecule has 11 nitrogen and oxygen atoms in total. The van der Waals surface area contributed by atoms with Crippen molar-refractivity contribution >= 4 is 84.8 Å². The highest BCUT2D eigenvalue weighted by atomic mass is 32.1. The molecule has 0 aliphatic rings. The van der Waals surface area contributed by atoms with E-state index in [1.807, 2.05) is 109 Å². The van der Waals surface area contributed by atoms with Crippen molar-refractivity contribution in [3.63, 3.8) is 0 Å². The lowest BCUT2D eigenvalue weighted by Gasteiger charge is -2.12. The number of rotatable bonds is 5. The smallest absolute Gasteiger partial charge is 0.205 e. The monoisotopic (exact) mass is 874 g/mol. The normalized spacial score (nSPS) is 11.9. The van der Waals surface area contributed by atoms with Crippen LogP contribution >= 0.6 is 22.7 Å². The molecule has 13 heteroatoms. The van der Waals surface area contributed by atoms with Gasteiger partial charge in [-0.05, 0) is 35.9 Å². The third-order valence-corrected chi connectivity index (χ3v) is 14.2. The minimum absolute atomic E-state index is 0.0645. The lowest BCUT2D eigenvalue weighted by molar-refractivity contribution is 0.351. The molecule has 0 spiro atoms. The molecule has 0 fully saturated rings. The van der Waals surface area contributed by atoms with Gasteiger partial charge in [0.1, 0.15) is 0 Å². The van der Waals surface area contributed by atoms with Crippen LogP contribution in [0.2, 0.25) is 0 Å². The Morgan fingerprint density at radius 3 is 1.67 bits per heavy atom. The van der Waals surface area contributed by atoms with E-state index in [9.17, 15) is 35.7 Å². The molecule has 7 N–H and O–H groups in total. The van der Waals surface area contributed by atoms with Gasteiger partial charge in [0.25, 0.3) is 0 Å². The fourth-order valence-electron chi connectivity index (χ4n) is 8.91. The standard InChI is InChI=1S/C51H30N4O7S2/c56-39-35(47-37(40(57)42(39)59)38-41(58)43(60)44(61)45(62)48(38)64-47)26-21-22-32-30(23-26)27-15-7-8-18-31(27)55(32)33-19-9-16-28-36-29(17-10-20-34(36)63-46(28)33)51-53-49(24-11-3-1-4-12-24)52-50(54-51)25-13-5-2-6-14-25/h1-23,56-62H. The van der Waals surface area contributed by atoms with Crippen LogP contribution in [0.5, 0.6) is 40.2 Å². The molecule has 4 heterocycles. The highest BCUT2D eigenvalue weighted by molar-refractivity contribution is 7.27. The number of aromatic hydroxyl groups is 7. The van der Waals surface area contributed by atoms with E-state index >= 15 is 0 Å². The summed E-state index contributed by atoms with van der Waals surface area (Å²) in [6, 6.07) is 45.8. The molecule has 0 aliphatic carbocycles. The topological polar surface area (TPSA) is 185 Å². The number of thiophene rings is 2. The van der Waals surface area contributed by atoms with Crippen LogP contribution < -0.4 is 0 Å². The molecule has 308 valence electrons. The number of aromatic nitrogens is 4. The zero-order valence-electron chi connectivity index (χ0n) is 33.0. The van der Waals surface area contributed by atoms with Gasteiger partial charge in [0.05, 0.1) is 41.6 Å². The largest absolute Gasteiger partial charge is 0.504 e. The SMILES string of the molecule is Oc1c(O)c(O)c2c(sc3c(-c4ccc5c(c4)c4ccccc4n5-c4cccc5c4sc4cccc(-c6nc(-c7ccccc7)nc(-c7ccccc7)n6)c45)c(O)c(O)c(O)c32)c1O. The first-order valence-corrected chi connectivity index (χ1v) is 21.7. The third-order valence-electron chi connectivity index (χ3n) is 11.8. The van der Waals surface area contributed by atoms with Gasteiger partial charge in [-0.3, -0.25) is 0 Å². The zero-order chi connectivity index (χ0) is 43.5. The number of phenolic OH excluding ortho intramolecular Hbond substituents is 7. The average Bonchev–Trinajstić information content (AvgIpc) is 4.03. The van der Waals surface area contributed by atoms with E-state index in [0.717, 1.165) is 75.7 Å². The summed E-state index contributed by atoms with van der Waals surface area (Å²) in [4.78, 5) is 15.1. The average molecular weight is 875 g/mol. The van der Waals surface area contributed by atoms with Crippen molar-refractivity contribution in [1.29, 1.82) is 0 Å². The van der Waals surface area contributed by atoms with Crippen molar-refractivity contribution in [3.8, 4) is 91.2 Å². The maximum atomic E-state index is 11.5. The molecule has 64 heavy (non-hydrogen) atoms. The number of fused-ring (bicyclic) bond motifs is 9. The second-order valence-electron chi connectivity index (χ2n) is 15.4. The van der Waals surface area contributed by atoms with Crippen LogP contribution in [-0.4, -0.2) is 55.3 Å². The maximum Gasteiger partial charge on any atom is 0.205 e. The summed E-state index contributed by atoms with van der Waals surface area (Å²) < 4.78 is 4.43. The zero-order valence-corrected chi connectivity index (χ0v) is 34.6. The molecule has 0 aliphatic heterocycles. The van der Waals surface area contributed by atoms with Crippen molar-refractivity contribution in [2.45, 2.75) is 0 Å². The van der Waals surface area contributed by atoms with E-state index in [0.29, 0.717) is 23.0 Å². The molecule has 0 saturated carbocycles. The lowest BCUT2D eigenvalue weighted by Crippen LogP contribution is -2.00. The Labute approximate surface area is 369 Å². The quantitative estimate of drug-likeness (QED) is 0.0648. The van der Waals surface area contributed by atoms with Crippen molar-refractivity contribution in [3.05, 3.63) is 140 Å². The summed E-state index contributed by atoms with van der Waals surface area (Å²) in [6.45, 7) is 0. The van der Waals surface area contributed by atoms with Crippen LogP contribution in [0.15, 0.2) is 140 Å². The van der Waals surface area contributed by atoms with E-state index in [1.165, 1.54) is 0 Å². The molecule has 12 rings (SSSR count). The Kier molecular flexibility index (Phi) is 8.07. The van der Waals surface area contributed by atoms with Gasteiger partial charge in [0.2, 0.25) is 17.2 Å². The predicted molar refractivity (Wildman–Crippen MR) is 253 cm³/mol. The summed E-state index contributed by atoms with van der Waals surface area (Å²) in [5.41, 5.74) is 5.93. The molecular formula is C51H30N4O7S2. The minimum atomic E-state index is -0.989. The molecule has 0 unspecified atom stereocenters. The Bertz CT molecular complexity index is 3880. The number of phenols is 7. The molecule has 0 radical (unpaired) electrons. The van der Waals surface area contributed by atoms with Gasteiger partial charge in [-0.2, -0.15) is 0 Å². The summed E-state index contributed by atoms with van der Waals surface area (Å²) in [6.07, 6.45) is 0. The Hall–Kier alpha value is -8.39. The van der Waals surface area contributed by atoms with Crippen molar-refractivity contribution in [2.75, 3.05) is 0 Å². The first-order chi connectivity index (χ1) is 31.2. The first-order valence-electron chi connectivity index (χ1n) is 20.0. The molecule has 4 aromatic heterocycles. The van der Waals surface area contributed by atoms with Crippen LogP contribution in [0, 0.1) is 0 Å². The number of hydrogen-bond acceptors (Lipinski definition) is 12. The number of benzene rings is 8. The molecular weight excluding hydrogens is 845 g/mol. The third kappa shape index (κ3) is 5.28. The van der Waals surface area contributed by atoms with Gasteiger partial charge >= 0.3 is 0 Å². The fourth-order valence-corrected chi connectivity index (χ4v) is 11.5. The second kappa shape index (κ2) is 13.8. The molecule has 8 aromatic carbocycles. The maximum absolute atomic E-state index is 11.5. The minimum Gasteiger partial charge on any atom is -0.504 e. The number of para-hydroxylation sites is 1. The Balaban J connectivity index is 1.08. The van der Waals surface area contributed by atoms with Crippen molar-refractivity contribution in [1.82, 2.24) is 19.5 Å². The number of hydrogen-bond donors (Lipinski definition) is 7. The molecule has 0 bridgehead atoms. The second-order valence-corrected chi connectivity index (χ2v) is 17.5. The first kappa shape index (κ1) is 37.4. The van der Waals surface area contributed by atoms with Crippen LogP contribution in [0.25, 0.3) is 113 Å². The van der Waals surface area contributed by atoms with Gasteiger partial charge in [-0.1, -0.05) is 109 Å². The molecule has 0 atom stereocenters. The van der Waals surface area contributed by atoms with Crippen molar-refractivity contribution < 1.29 is 35.7 Å². The van der Waals surface area contributed by atoms with Crippen molar-refractivity contribution in [2.24, 2.45) is 0 Å². The summed E-state index contributed by atoms with van der Waals surface area (Å²) in [5, 5.41) is 79.5. The predicted octanol–water partition coefficient (Wildman–Crippen LogP) is 12.3. The Morgan fingerprint density at radius 2 is 0.953 bits per heavy atom. The fraction of sp³-hybridized carbons (Fsp3) is 0. The summed E-state index contributed by atoms with van der Waals surface area (Å²) in [7, 11) is 0. The summed E-state index contributed by atoms with van der Waals surface area (Å²) in [5.74, 6) is -3.98. The van der Waals surface area contributed by atoms with E-state index in [2.05, 4.69) is 28.8 Å². The van der Waals surface area contributed by atoms with Crippen LogP contribution in [0.4, 0.5) is 0 Å². The van der Waals surface area contributed by atoms with Crippen LogP contribution in [-0.2, 0) is 0 Å². The Morgan fingerprint density at radius 1 is 0.375 bits per heavy atom. The van der Waals surface area contributed by atoms with E-state index in [1.54, 1.807) is 17.4 Å². The van der Waals surface area contributed by atoms with E-state index < -0.39 is 40.2 Å². The highest BCUT2D eigenvalue weighted by Crippen LogP contribution is 2.60. The van der Waals surface area contributed by atoms with E-state index in [4.69, 9.17) is 15.0 Å². The van der Waals surface area contributed by atoms with Gasteiger partial charge in [-0.25, -0.2) is 15.0 Å².